The van der Waals surface area contributed by atoms with Gasteiger partial charge in [0.05, 0.1) is 0 Å². The van der Waals surface area contributed by atoms with E-state index in [4.69, 9.17) is 0 Å². The lowest BCUT2D eigenvalue weighted by Gasteiger charge is -2.05. The molecule has 0 spiro atoms. The SMILES string of the molecule is Cc1cc[n+](C(C)C)c2ccccc12.[I-]. The van der Waals surface area contributed by atoms with E-state index in [1.54, 1.807) is 0 Å². The number of hydrogen-bond acceptors (Lipinski definition) is 0. The predicted molar refractivity (Wildman–Crippen MR) is 59.3 cm³/mol. The highest BCUT2D eigenvalue weighted by molar-refractivity contribution is 5.78. The van der Waals surface area contributed by atoms with E-state index in [-0.39, 0.29) is 24.0 Å². The van der Waals surface area contributed by atoms with Crippen molar-refractivity contribution < 1.29 is 28.5 Å². The predicted octanol–water partition coefficient (Wildman–Crippen LogP) is 0.0206. The molecule has 0 aliphatic heterocycles. The third-order valence-corrected chi connectivity index (χ3v) is 2.65. The molecule has 0 saturated carbocycles. The van der Waals surface area contributed by atoms with Crippen LogP contribution in [0, 0.1) is 6.92 Å². The molecule has 0 aliphatic rings. The second-order valence-corrected chi connectivity index (χ2v) is 4.02. The third-order valence-electron chi connectivity index (χ3n) is 2.65. The Bertz CT molecular complexity index is 463. The summed E-state index contributed by atoms with van der Waals surface area (Å²) in [7, 11) is 0. The molecular formula is C13H16IN. The molecule has 0 radical (unpaired) electrons. The van der Waals surface area contributed by atoms with E-state index in [1.807, 2.05) is 0 Å². The quantitative estimate of drug-likeness (QED) is 0.516. The van der Waals surface area contributed by atoms with E-state index in [1.165, 1.54) is 16.5 Å². The zero-order valence-corrected chi connectivity index (χ0v) is 11.5. The van der Waals surface area contributed by atoms with E-state index in [0.29, 0.717) is 6.04 Å². The molecule has 1 aromatic heterocycles. The molecule has 2 rings (SSSR count). The molecule has 1 aromatic carbocycles. The molecule has 1 heterocycles. The zero-order valence-electron chi connectivity index (χ0n) is 9.37. The molecule has 2 aromatic rings. The molecule has 80 valence electrons. The molecule has 1 nitrogen and oxygen atoms in total. The Hall–Kier alpha value is -0.640. The number of pyridine rings is 1. The van der Waals surface area contributed by atoms with Gasteiger partial charge in [0.25, 0.3) is 0 Å². The van der Waals surface area contributed by atoms with Crippen LogP contribution in [0.3, 0.4) is 0 Å². The van der Waals surface area contributed by atoms with E-state index in [2.05, 4.69) is 61.9 Å². The van der Waals surface area contributed by atoms with E-state index >= 15 is 0 Å². The number of aryl methyl sites for hydroxylation is 1. The second kappa shape index (κ2) is 4.92. The van der Waals surface area contributed by atoms with Crippen LogP contribution in [-0.4, -0.2) is 0 Å². The fourth-order valence-electron chi connectivity index (χ4n) is 1.84. The van der Waals surface area contributed by atoms with Crippen molar-refractivity contribution in [3.63, 3.8) is 0 Å². The van der Waals surface area contributed by atoms with Crippen LogP contribution in [0.1, 0.15) is 25.5 Å². The molecule has 0 fully saturated rings. The standard InChI is InChI=1S/C13H16N.HI/c1-10(2)14-9-8-11(3)12-6-4-5-7-13(12)14;/h4-10H,1-3H3;1H/q+1;/p-1. The minimum absolute atomic E-state index is 0. The first-order chi connectivity index (χ1) is 6.70. The van der Waals surface area contributed by atoms with Gasteiger partial charge in [0.15, 0.2) is 12.2 Å². The van der Waals surface area contributed by atoms with Crippen LogP contribution in [-0.2, 0) is 0 Å². The molecule has 0 unspecified atom stereocenters. The van der Waals surface area contributed by atoms with Crippen LogP contribution in [0.2, 0.25) is 0 Å². The first-order valence-electron chi connectivity index (χ1n) is 5.09. The molecule has 0 amide bonds. The summed E-state index contributed by atoms with van der Waals surface area (Å²) in [6.07, 6.45) is 2.17. The van der Waals surface area contributed by atoms with Gasteiger partial charge in [-0.25, -0.2) is 0 Å². The molecular weight excluding hydrogens is 297 g/mol. The number of hydrogen-bond donors (Lipinski definition) is 0. The number of benzene rings is 1. The van der Waals surface area contributed by atoms with Crippen LogP contribution < -0.4 is 28.5 Å². The molecule has 2 heteroatoms. The summed E-state index contributed by atoms with van der Waals surface area (Å²) < 4.78 is 2.31. The summed E-state index contributed by atoms with van der Waals surface area (Å²) in [4.78, 5) is 0. The van der Waals surface area contributed by atoms with Crippen molar-refractivity contribution in [1.29, 1.82) is 0 Å². The molecule has 0 saturated heterocycles. The van der Waals surface area contributed by atoms with Crippen LogP contribution in [0.4, 0.5) is 0 Å². The maximum absolute atomic E-state index is 2.31. The zero-order chi connectivity index (χ0) is 10.1. The van der Waals surface area contributed by atoms with Crippen molar-refractivity contribution in [3.05, 3.63) is 42.1 Å². The van der Waals surface area contributed by atoms with Crippen molar-refractivity contribution >= 4 is 10.9 Å². The first kappa shape index (κ1) is 12.4. The van der Waals surface area contributed by atoms with Gasteiger partial charge >= 0.3 is 0 Å². The van der Waals surface area contributed by atoms with Gasteiger partial charge in [0.2, 0.25) is 5.52 Å². The average Bonchev–Trinajstić information content (AvgIpc) is 2.18. The van der Waals surface area contributed by atoms with Crippen molar-refractivity contribution in [2.45, 2.75) is 26.8 Å². The Morgan fingerprint density at radius 2 is 1.73 bits per heavy atom. The average molecular weight is 313 g/mol. The van der Waals surface area contributed by atoms with Crippen molar-refractivity contribution in [2.24, 2.45) is 0 Å². The molecule has 0 bridgehead atoms. The Labute approximate surface area is 108 Å². The minimum atomic E-state index is 0. The number of rotatable bonds is 1. The Kier molecular flexibility index (Phi) is 4.08. The monoisotopic (exact) mass is 313 g/mol. The van der Waals surface area contributed by atoms with E-state index in [0.717, 1.165) is 0 Å². The van der Waals surface area contributed by atoms with Crippen molar-refractivity contribution in [2.75, 3.05) is 0 Å². The van der Waals surface area contributed by atoms with Gasteiger partial charge in [0, 0.05) is 17.5 Å². The Morgan fingerprint density at radius 1 is 1.07 bits per heavy atom. The normalized spacial score (nSPS) is 10.4. The van der Waals surface area contributed by atoms with Crippen molar-refractivity contribution in [1.82, 2.24) is 0 Å². The highest BCUT2D eigenvalue weighted by Gasteiger charge is 2.12. The lowest BCUT2D eigenvalue weighted by Crippen LogP contribution is -3.00. The fraction of sp³-hybridized carbons (Fsp3) is 0.308. The number of nitrogens with zero attached hydrogens (tertiary/aromatic N) is 1. The summed E-state index contributed by atoms with van der Waals surface area (Å²) in [5.74, 6) is 0. The summed E-state index contributed by atoms with van der Waals surface area (Å²) >= 11 is 0. The minimum Gasteiger partial charge on any atom is -1.00 e. The van der Waals surface area contributed by atoms with Crippen LogP contribution in [0.5, 0.6) is 0 Å². The Balaban J connectivity index is 0.00000112. The maximum atomic E-state index is 2.31. The van der Waals surface area contributed by atoms with E-state index in [9.17, 15) is 0 Å². The van der Waals surface area contributed by atoms with Gasteiger partial charge in [-0.2, -0.15) is 4.57 Å². The summed E-state index contributed by atoms with van der Waals surface area (Å²) in [5.41, 5.74) is 2.67. The lowest BCUT2D eigenvalue weighted by atomic mass is 10.1. The number of halogens is 1. The fourth-order valence-corrected chi connectivity index (χ4v) is 1.84. The Morgan fingerprint density at radius 3 is 2.40 bits per heavy atom. The number of aromatic nitrogens is 1. The van der Waals surface area contributed by atoms with Gasteiger partial charge in [-0.15, -0.1) is 0 Å². The number of para-hydroxylation sites is 1. The van der Waals surface area contributed by atoms with Crippen LogP contribution in [0.15, 0.2) is 36.5 Å². The van der Waals surface area contributed by atoms with Crippen LogP contribution >= 0.6 is 0 Å². The summed E-state index contributed by atoms with van der Waals surface area (Å²) in [6.45, 7) is 6.58. The van der Waals surface area contributed by atoms with Gasteiger partial charge in [0.1, 0.15) is 0 Å². The summed E-state index contributed by atoms with van der Waals surface area (Å²) in [5, 5.41) is 1.35. The first-order valence-corrected chi connectivity index (χ1v) is 5.09. The van der Waals surface area contributed by atoms with E-state index < -0.39 is 0 Å². The van der Waals surface area contributed by atoms with Gasteiger partial charge in [-0.05, 0) is 32.4 Å². The highest BCUT2D eigenvalue weighted by Crippen LogP contribution is 2.14. The lowest BCUT2D eigenvalue weighted by molar-refractivity contribution is -0.691. The highest BCUT2D eigenvalue weighted by atomic mass is 127. The topological polar surface area (TPSA) is 3.88 Å². The van der Waals surface area contributed by atoms with Gasteiger partial charge in [-0.1, -0.05) is 12.1 Å². The molecule has 15 heavy (non-hydrogen) atoms. The van der Waals surface area contributed by atoms with Crippen molar-refractivity contribution in [3.8, 4) is 0 Å². The molecule has 0 aliphatic carbocycles. The van der Waals surface area contributed by atoms with Gasteiger partial charge in [-0.3, -0.25) is 0 Å². The molecule has 0 N–H and O–H groups in total. The number of fused-ring (bicyclic) bond motifs is 1. The van der Waals surface area contributed by atoms with Gasteiger partial charge < -0.3 is 24.0 Å². The largest absolute Gasteiger partial charge is 1.00 e. The molecule has 0 atom stereocenters. The maximum Gasteiger partial charge on any atom is 0.212 e. The van der Waals surface area contributed by atoms with Crippen LogP contribution in [0.25, 0.3) is 10.9 Å². The smallest absolute Gasteiger partial charge is 0.212 e. The second-order valence-electron chi connectivity index (χ2n) is 4.02. The summed E-state index contributed by atoms with van der Waals surface area (Å²) in [6, 6.07) is 11.3. The third kappa shape index (κ3) is 2.30.